The molecule has 1 fully saturated rings. The summed E-state index contributed by atoms with van der Waals surface area (Å²) in [5, 5.41) is 3.47. The maximum atomic E-state index is 14.0. The number of nitrogens with zero attached hydrogens (tertiary/aromatic N) is 1. The van der Waals surface area contributed by atoms with E-state index in [1.807, 2.05) is 4.90 Å². The van der Waals surface area contributed by atoms with E-state index in [0.717, 1.165) is 0 Å². The molecule has 2 nitrogen and oxygen atoms in total. The summed E-state index contributed by atoms with van der Waals surface area (Å²) in [6.45, 7) is 2.55. The van der Waals surface area contributed by atoms with Gasteiger partial charge in [0.25, 0.3) is 0 Å². The predicted octanol–water partition coefficient (Wildman–Crippen LogP) is 4.61. The number of alkyl halides is 3. The first-order valence-electron chi connectivity index (χ1n) is 6.83. The highest BCUT2D eigenvalue weighted by Crippen LogP contribution is 2.34. The Hall–Kier alpha value is -0.270. The predicted molar refractivity (Wildman–Crippen MR) is 88.4 cm³/mol. The summed E-state index contributed by atoms with van der Waals surface area (Å²) in [4.78, 5) is 1.89. The van der Waals surface area contributed by atoms with Crippen molar-refractivity contribution < 1.29 is 17.6 Å². The lowest BCUT2D eigenvalue weighted by Gasteiger charge is -2.35. The van der Waals surface area contributed by atoms with Crippen LogP contribution in [0.3, 0.4) is 0 Å². The van der Waals surface area contributed by atoms with Crippen LogP contribution < -0.4 is 5.32 Å². The summed E-state index contributed by atoms with van der Waals surface area (Å²) in [6, 6.07) is 3.44. The van der Waals surface area contributed by atoms with E-state index in [-0.39, 0.29) is 36.8 Å². The van der Waals surface area contributed by atoms with Crippen LogP contribution in [0.2, 0.25) is 5.02 Å². The van der Waals surface area contributed by atoms with Crippen LogP contribution in [0.4, 0.5) is 17.6 Å². The van der Waals surface area contributed by atoms with Gasteiger partial charge in [-0.05, 0) is 24.6 Å². The average Bonchev–Trinajstić information content (AvgIpc) is 2.43. The summed E-state index contributed by atoms with van der Waals surface area (Å²) in [6.07, 6.45) is -5.35. The first kappa shape index (κ1) is 22.7. The largest absolute Gasteiger partial charge is 0.389 e. The van der Waals surface area contributed by atoms with Crippen LogP contribution >= 0.6 is 36.4 Å². The second kappa shape index (κ2) is 9.89. The zero-order valence-corrected chi connectivity index (χ0v) is 14.6. The summed E-state index contributed by atoms with van der Waals surface area (Å²) < 4.78 is 51.6. The summed E-state index contributed by atoms with van der Waals surface area (Å²) in [5.74, 6) is -0.509. The second-order valence-electron chi connectivity index (χ2n) is 5.12. The lowest BCUT2D eigenvalue weighted by molar-refractivity contribution is -0.138. The van der Waals surface area contributed by atoms with E-state index in [1.54, 1.807) is 0 Å². The van der Waals surface area contributed by atoms with E-state index >= 15 is 0 Å². The van der Waals surface area contributed by atoms with Gasteiger partial charge < -0.3 is 5.32 Å². The van der Waals surface area contributed by atoms with Gasteiger partial charge in [0.1, 0.15) is 5.82 Å². The van der Waals surface area contributed by atoms with Gasteiger partial charge in [0.05, 0.1) is 0 Å². The molecule has 0 unspecified atom stereocenters. The van der Waals surface area contributed by atoms with Crippen molar-refractivity contribution >= 4 is 36.4 Å². The Morgan fingerprint density at radius 1 is 1.17 bits per heavy atom. The maximum Gasteiger partial charge on any atom is 0.389 e. The molecular weight excluding hydrogens is 379 g/mol. The lowest BCUT2D eigenvalue weighted by atomic mass is 9.98. The van der Waals surface area contributed by atoms with Crippen LogP contribution in [-0.4, -0.2) is 37.3 Å². The van der Waals surface area contributed by atoms with Crippen molar-refractivity contribution in [2.24, 2.45) is 0 Å². The van der Waals surface area contributed by atoms with E-state index < -0.39 is 24.5 Å². The molecule has 1 atom stereocenters. The van der Waals surface area contributed by atoms with Crippen molar-refractivity contribution in [1.82, 2.24) is 10.2 Å². The molecule has 0 amide bonds. The molecule has 0 aliphatic carbocycles. The van der Waals surface area contributed by atoms with Gasteiger partial charge in [-0.3, -0.25) is 4.90 Å². The zero-order chi connectivity index (χ0) is 15.5. The SMILES string of the molecule is Cl.Cl.Fc1ccc(Cl)cc1[C@@H](CCC(F)(F)F)N1CCNCC1. The first-order chi connectivity index (χ1) is 9.87. The third kappa shape index (κ3) is 7.01. The van der Waals surface area contributed by atoms with Crippen molar-refractivity contribution in [1.29, 1.82) is 0 Å². The van der Waals surface area contributed by atoms with E-state index in [0.29, 0.717) is 31.2 Å². The number of benzene rings is 1. The lowest BCUT2D eigenvalue weighted by Crippen LogP contribution is -2.45. The molecule has 0 radical (unpaired) electrons. The number of rotatable bonds is 4. The minimum Gasteiger partial charge on any atom is -0.314 e. The second-order valence-corrected chi connectivity index (χ2v) is 5.56. The third-order valence-electron chi connectivity index (χ3n) is 3.61. The molecule has 0 bridgehead atoms. The van der Waals surface area contributed by atoms with Crippen LogP contribution in [0.5, 0.6) is 0 Å². The summed E-state index contributed by atoms with van der Waals surface area (Å²) in [7, 11) is 0. The molecule has 2 rings (SSSR count). The highest BCUT2D eigenvalue weighted by molar-refractivity contribution is 6.30. The molecule has 1 aliphatic rings. The van der Waals surface area contributed by atoms with Gasteiger partial charge in [-0.15, -0.1) is 24.8 Å². The molecule has 1 saturated heterocycles. The maximum absolute atomic E-state index is 14.0. The molecule has 0 spiro atoms. The fourth-order valence-corrected chi connectivity index (χ4v) is 2.78. The van der Waals surface area contributed by atoms with E-state index in [4.69, 9.17) is 11.6 Å². The molecule has 134 valence electrons. The van der Waals surface area contributed by atoms with Gasteiger partial charge in [0.15, 0.2) is 0 Å². The fourth-order valence-electron chi connectivity index (χ4n) is 2.60. The van der Waals surface area contributed by atoms with Crippen molar-refractivity contribution in [3.63, 3.8) is 0 Å². The quantitative estimate of drug-likeness (QED) is 0.746. The van der Waals surface area contributed by atoms with Gasteiger partial charge in [0.2, 0.25) is 0 Å². The highest BCUT2D eigenvalue weighted by atomic mass is 35.5. The number of piperazine rings is 1. The minimum absolute atomic E-state index is 0. The zero-order valence-electron chi connectivity index (χ0n) is 12.2. The smallest absolute Gasteiger partial charge is 0.314 e. The first-order valence-corrected chi connectivity index (χ1v) is 7.21. The highest BCUT2D eigenvalue weighted by Gasteiger charge is 2.32. The van der Waals surface area contributed by atoms with Gasteiger partial charge in [-0.25, -0.2) is 4.39 Å². The Bertz CT molecular complexity index is 480. The van der Waals surface area contributed by atoms with Gasteiger partial charge in [-0.2, -0.15) is 13.2 Å². The van der Waals surface area contributed by atoms with Crippen LogP contribution in [0, 0.1) is 5.82 Å². The third-order valence-corrected chi connectivity index (χ3v) is 3.85. The molecule has 9 heteroatoms. The Labute approximate surface area is 150 Å². The molecular formula is C14H19Cl3F4N2. The molecule has 0 saturated carbocycles. The number of hydrogen-bond acceptors (Lipinski definition) is 2. The van der Waals surface area contributed by atoms with Gasteiger partial charge in [-0.1, -0.05) is 11.6 Å². The van der Waals surface area contributed by atoms with Crippen molar-refractivity contribution in [3.05, 3.63) is 34.6 Å². The Morgan fingerprint density at radius 3 is 2.35 bits per heavy atom. The monoisotopic (exact) mass is 396 g/mol. The molecule has 23 heavy (non-hydrogen) atoms. The van der Waals surface area contributed by atoms with Crippen LogP contribution in [0.1, 0.15) is 24.4 Å². The van der Waals surface area contributed by atoms with Crippen molar-refractivity contribution in [2.75, 3.05) is 26.2 Å². The van der Waals surface area contributed by atoms with Crippen LogP contribution in [0.15, 0.2) is 18.2 Å². The summed E-state index contributed by atoms with van der Waals surface area (Å²) >= 11 is 5.87. The number of nitrogens with one attached hydrogen (secondary N) is 1. The summed E-state index contributed by atoms with van der Waals surface area (Å²) in [5.41, 5.74) is 0.244. The van der Waals surface area contributed by atoms with Crippen LogP contribution in [-0.2, 0) is 0 Å². The van der Waals surface area contributed by atoms with E-state index in [9.17, 15) is 17.6 Å². The minimum atomic E-state index is -4.25. The molecule has 0 aromatic heterocycles. The molecule has 1 aliphatic heterocycles. The number of hydrogen-bond donors (Lipinski definition) is 1. The van der Waals surface area contributed by atoms with Gasteiger partial charge >= 0.3 is 6.18 Å². The molecule has 1 aromatic rings. The van der Waals surface area contributed by atoms with Crippen molar-refractivity contribution in [2.45, 2.75) is 25.1 Å². The van der Waals surface area contributed by atoms with Gasteiger partial charge in [0, 0.05) is 49.2 Å². The molecule has 1 aromatic carbocycles. The van der Waals surface area contributed by atoms with Crippen LogP contribution in [0.25, 0.3) is 0 Å². The van der Waals surface area contributed by atoms with Crippen molar-refractivity contribution in [3.8, 4) is 0 Å². The topological polar surface area (TPSA) is 15.3 Å². The number of halogens is 7. The normalized spacial score (nSPS) is 17.1. The Kier molecular flexibility index (Phi) is 9.77. The average molecular weight is 398 g/mol. The fraction of sp³-hybridized carbons (Fsp3) is 0.571. The van der Waals surface area contributed by atoms with E-state index in [2.05, 4.69) is 5.32 Å². The molecule has 1 heterocycles. The Morgan fingerprint density at radius 2 is 1.78 bits per heavy atom. The Balaban J connectivity index is 0.00000242. The molecule has 1 N–H and O–H groups in total. The van der Waals surface area contributed by atoms with E-state index in [1.165, 1.54) is 18.2 Å². The standard InChI is InChI=1S/C14H17ClF4N2.2ClH/c15-10-1-2-12(16)11(9-10)13(3-4-14(17,18)19)21-7-5-20-6-8-21;;/h1-2,9,13,20H,3-8H2;2*1H/t13-;;/m1../s1.